The standard InChI is InChI=1S/C20H31N4P/c1-2-24(17-15-22-14-13-21)18-16-23-25(19-9-5-3-6-10-19)20-11-7-4-8-12-20/h3-12,22-23H,2,13-18,21H2,1H3. The average molecular weight is 358 g/mol. The van der Waals surface area contributed by atoms with Crippen molar-refractivity contribution in [2.75, 3.05) is 45.8 Å². The molecule has 0 atom stereocenters. The second-order valence-electron chi connectivity index (χ2n) is 5.89. The van der Waals surface area contributed by atoms with E-state index < -0.39 is 8.07 Å². The molecule has 0 aliphatic heterocycles. The molecule has 4 N–H and O–H groups in total. The van der Waals surface area contributed by atoms with Gasteiger partial charge in [0.2, 0.25) is 0 Å². The summed E-state index contributed by atoms with van der Waals surface area (Å²) in [4.78, 5) is 2.47. The average Bonchev–Trinajstić information content (AvgIpc) is 2.68. The zero-order chi connectivity index (χ0) is 17.7. The van der Waals surface area contributed by atoms with E-state index in [0.29, 0.717) is 6.54 Å². The van der Waals surface area contributed by atoms with Crippen LogP contribution < -0.4 is 26.7 Å². The van der Waals surface area contributed by atoms with Gasteiger partial charge in [-0.25, -0.2) is 0 Å². The van der Waals surface area contributed by atoms with Gasteiger partial charge in [0.1, 0.15) is 0 Å². The summed E-state index contributed by atoms with van der Waals surface area (Å²) in [6, 6.07) is 21.5. The van der Waals surface area contributed by atoms with Gasteiger partial charge in [-0.1, -0.05) is 67.6 Å². The molecule has 0 aliphatic rings. The number of likely N-dealkylation sites (N-methyl/N-ethyl adjacent to an activating group) is 1. The van der Waals surface area contributed by atoms with Gasteiger partial charge < -0.3 is 16.0 Å². The van der Waals surface area contributed by atoms with Crippen molar-refractivity contribution in [2.45, 2.75) is 6.92 Å². The second kappa shape index (κ2) is 12.1. The lowest BCUT2D eigenvalue weighted by molar-refractivity contribution is 0.293. The maximum absolute atomic E-state index is 5.52. The smallest absolute Gasteiger partial charge is 0.0253 e. The van der Waals surface area contributed by atoms with Crippen LogP contribution in [0.1, 0.15) is 6.92 Å². The highest BCUT2D eigenvalue weighted by Gasteiger charge is 2.13. The Morgan fingerprint density at radius 2 is 1.40 bits per heavy atom. The summed E-state index contributed by atoms with van der Waals surface area (Å²) >= 11 is 0. The van der Waals surface area contributed by atoms with Gasteiger partial charge in [-0.3, -0.25) is 5.09 Å². The summed E-state index contributed by atoms with van der Waals surface area (Å²) in [5, 5.41) is 9.91. The maximum atomic E-state index is 5.52. The van der Waals surface area contributed by atoms with Crippen LogP contribution in [0.2, 0.25) is 0 Å². The van der Waals surface area contributed by atoms with Crippen LogP contribution in [-0.2, 0) is 0 Å². The minimum absolute atomic E-state index is 0.514. The molecule has 2 rings (SSSR count). The number of nitrogens with one attached hydrogen (secondary N) is 2. The van der Waals surface area contributed by atoms with Crippen LogP contribution in [0.3, 0.4) is 0 Å². The van der Waals surface area contributed by atoms with E-state index in [4.69, 9.17) is 5.73 Å². The lowest BCUT2D eigenvalue weighted by Crippen LogP contribution is -2.38. The fourth-order valence-electron chi connectivity index (χ4n) is 2.70. The lowest BCUT2D eigenvalue weighted by atomic mass is 10.4. The zero-order valence-corrected chi connectivity index (χ0v) is 16.1. The summed E-state index contributed by atoms with van der Waals surface area (Å²) in [6.07, 6.45) is 0. The summed E-state index contributed by atoms with van der Waals surface area (Å²) in [5.74, 6) is 0. The van der Waals surface area contributed by atoms with Crippen LogP contribution in [0.25, 0.3) is 0 Å². The molecule has 2 aromatic carbocycles. The molecule has 0 saturated carbocycles. The van der Waals surface area contributed by atoms with Crippen molar-refractivity contribution in [3.8, 4) is 0 Å². The number of nitrogens with two attached hydrogens (primary N) is 1. The molecule has 0 heterocycles. The fourth-order valence-corrected chi connectivity index (χ4v) is 4.63. The Bertz CT molecular complexity index is 525. The van der Waals surface area contributed by atoms with Crippen molar-refractivity contribution in [1.82, 2.24) is 15.3 Å². The van der Waals surface area contributed by atoms with Gasteiger partial charge in [-0.2, -0.15) is 0 Å². The SMILES string of the molecule is CCN(CCNCCN)CCNP(c1ccccc1)c1ccccc1. The number of nitrogens with zero attached hydrogens (tertiary/aromatic N) is 1. The molecule has 5 heteroatoms. The number of hydrogen-bond acceptors (Lipinski definition) is 4. The van der Waals surface area contributed by atoms with Crippen molar-refractivity contribution in [3.05, 3.63) is 60.7 Å². The van der Waals surface area contributed by atoms with Crippen molar-refractivity contribution < 1.29 is 0 Å². The van der Waals surface area contributed by atoms with Crippen LogP contribution in [-0.4, -0.2) is 50.7 Å². The normalized spacial score (nSPS) is 11.4. The van der Waals surface area contributed by atoms with Gasteiger partial charge in [0, 0.05) is 47.3 Å². The van der Waals surface area contributed by atoms with E-state index in [2.05, 4.69) is 82.9 Å². The quantitative estimate of drug-likeness (QED) is 0.398. The molecule has 0 fully saturated rings. The molecule has 0 spiro atoms. The first-order valence-corrected chi connectivity index (χ1v) is 10.5. The van der Waals surface area contributed by atoms with Gasteiger partial charge in [-0.15, -0.1) is 0 Å². The summed E-state index contributed by atoms with van der Waals surface area (Å²) in [7, 11) is -0.514. The predicted octanol–water partition coefficient (Wildman–Crippen LogP) is 1.49. The van der Waals surface area contributed by atoms with E-state index in [9.17, 15) is 0 Å². The van der Waals surface area contributed by atoms with Crippen molar-refractivity contribution in [2.24, 2.45) is 5.73 Å². The third-order valence-electron chi connectivity index (χ3n) is 4.10. The molecule has 136 valence electrons. The molecule has 0 bridgehead atoms. The Morgan fingerprint density at radius 1 is 0.840 bits per heavy atom. The van der Waals surface area contributed by atoms with Crippen LogP contribution in [0.4, 0.5) is 0 Å². The van der Waals surface area contributed by atoms with Gasteiger partial charge in [0.05, 0.1) is 0 Å². The number of benzene rings is 2. The second-order valence-corrected chi connectivity index (χ2v) is 7.91. The van der Waals surface area contributed by atoms with E-state index in [1.807, 2.05) is 0 Å². The Balaban J connectivity index is 1.89. The van der Waals surface area contributed by atoms with Crippen molar-refractivity contribution in [1.29, 1.82) is 0 Å². The van der Waals surface area contributed by atoms with Crippen molar-refractivity contribution in [3.63, 3.8) is 0 Å². The molecular weight excluding hydrogens is 327 g/mol. The fraction of sp³-hybridized carbons (Fsp3) is 0.400. The first kappa shape index (κ1) is 20.0. The third kappa shape index (κ3) is 7.23. The largest absolute Gasteiger partial charge is 0.329 e. The topological polar surface area (TPSA) is 53.3 Å². The van der Waals surface area contributed by atoms with E-state index in [-0.39, 0.29) is 0 Å². The number of rotatable bonds is 12. The van der Waals surface area contributed by atoms with Gasteiger partial charge in [0.25, 0.3) is 0 Å². The first-order valence-electron chi connectivity index (χ1n) is 9.12. The predicted molar refractivity (Wildman–Crippen MR) is 111 cm³/mol. The first-order chi connectivity index (χ1) is 12.3. The van der Waals surface area contributed by atoms with Gasteiger partial charge in [0.15, 0.2) is 0 Å². The number of hydrogen-bond donors (Lipinski definition) is 3. The third-order valence-corrected chi connectivity index (χ3v) is 6.27. The molecule has 0 aromatic heterocycles. The molecule has 4 nitrogen and oxygen atoms in total. The van der Waals surface area contributed by atoms with E-state index in [1.165, 1.54) is 10.6 Å². The molecule has 0 saturated heterocycles. The van der Waals surface area contributed by atoms with E-state index in [0.717, 1.165) is 39.3 Å². The molecule has 0 aliphatic carbocycles. The Kier molecular flexibility index (Phi) is 9.71. The van der Waals surface area contributed by atoms with Crippen LogP contribution in [0.15, 0.2) is 60.7 Å². The van der Waals surface area contributed by atoms with Crippen LogP contribution in [0.5, 0.6) is 0 Å². The van der Waals surface area contributed by atoms with Crippen molar-refractivity contribution >= 4 is 18.7 Å². The molecular formula is C20H31N4P. The molecule has 0 radical (unpaired) electrons. The summed E-state index contributed by atoms with van der Waals surface area (Å²) in [5.41, 5.74) is 5.52. The highest BCUT2D eigenvalue weighted by atomic mass is 31.1. The molecule has 0 amide bonds. The van der Waals surface area contributed by atoms with Gasteiger partial charge >= 0.3 is 0 Å². The highest BCUT2D eigenvalue weighted by molar-refractivity contribution is 7.71. The monoisotopic (exact) mass is 358 g/mol. The Hall–Kier alpha value is -1.29. The van der Waals surface area contributed by atoms with E-state index in [1.54, 1.807) is 0 Å². The lowest BCUT2D eigenvalue weighted by Gasteiger charge is -2.24. The Morgan fingerprint density at radius 3 is 1.92 bits per heavy atom. The minimum atomic E-state index is -0.514. The minimum Gasteiger partial charge on any atom is -0.329 e. The molecule has 0 unspecified atom stereocenters. The highest BCUT2D eigenvalue weighted by Crippen LogP contribution is 2.27. The molecule has 2 aromatic rings. The Labute approximate surface area is 153 Å². The summed E-state index contributed by atoms with van der Waals surface area (Å²) < 4.78 is 0. The zero-order valence-electron chi connectivity index (χ0n) is 15.2. The van der Waals surface area contributed by atoms with Gasteiger partial charge in [-0.05, 0) is 17.2 Å². The van der Waals surface area contributed by atoms with Crippen LogP contribution >= 0.6 is 8.07 Å². The van der Waals surface area contributed by atoms with E-state index >= 15 is 0 Å². The summed E-state index contributed by atoms with van der Waals surface area (Å²) in [6.45, 7) is 8.99. The van der Waals surface area contributed by atoms with Crippen LogP contribution in [0, 0.1) is 0 Å². The molecule has 25 heavy (non-hydrogen) atoms. The maximum Gasteiger partial charge on any atom is 0.0253 e.